The number of thioether (sulfide) groups is 1. The van der Waals surface area contributed by atoms with Gasteiger partial charge in [0.2, 0.25) is 0 Å². The number of amides is 1. The highest BCUT2D eigenvalue weighted by atomic mass is 32.2. The summed E-state index contributed by atoms with van der Waals surface area (Å²) in [5.41, 5.74) is 7.14. The molecule has 0 bridgehead atoms. The largest absolute Gasteiger partial charge is 0.431 e. The van der Waals surface area contributed by atoms with Crippen LogP contribution < -0.4 is 15.6 Å². The molecule has 128 valence electrons. The van der Waals surface area contributed by atoms with Crippen molar-refractivity contribution in [3.8, 4) is 17.0 Å². The molecule has 2 aromatic carbocycles. The number of nitrogens with zero attached hydrogens (tertiary/aromatic N) is 2. The maximum Gasteiger partial charge on any atom is 0.431 e. The van der Waals surface area contributed by atoms with Crippen LogP contribution in [-0.2, 0) is 7.05 Å². The summed E-state index contributed by atoms with van der Waals surface area (Å²) < 4.78 is 6.80. The first kappa shape index (κ1) is 16.9. The SMILES string of the molecule is CSc1ccc(-c2cc(NNC(=O)Oc3ccccc3)n(C)n2)cc1. The van der Waals surface area contributed by atoms with Gasteiger partial charge in [-0.05, 0) is 30.5 Å². The Balaban J connectivity index is 1.63. The molecule has 0 aliphatic rings. The lowest BCUT2D eigenvalue weighted by Gasteiger charge is -2.08. The molecule has 0 aliphatic heterocycles. The van der Waals surface area contributed by atoms with E-state index in [1.165, 1.54) is 4.90 Å². The van der Waals surface area contributed by atoms with Crippen molar-refractivity contribution in [2.45, 2.75) is 4.90 Å². The molecule has 2 N–H and O–H groups in total. The lowest BCUT2D eigenvalue weighted by molar-refractivity contribution is 0.202. The van der Waals surface area contributed by atoms with Gasteiger partial charge in [0.25, 0.3) is 0 Å². The number of nitrogens with one attached hydrogen (secondary N) is 2. The summed E-state index contributed by atoms with van der Waals surface area (Å²) in [4.78, 5) is 13.0. The van der Waals surface area contributed by atoms with Gasteiger partial charge in [-0.25, -0.2) is 10.2 Å². The average molecular weight is 354 g/mol. The van der Waals surface area contributed by atoms with Crippen LogP contribution in [0.25, 0.3) is 11.3 Å². The van der Waals surface area contributed by atoms with Gasteiger partial charge in [0.05, 0.1) is 5.69 Å². The second-order valence-corrected chi connectivity index (χ2v) is 6.10. The number of rotatable bonds is 5. The number of carbonyl (C=O) groups excluding carboxylic acids is 1. The highest BCUT2D eigenvalue weighted by molar-refractivity contribution is 7.98. The van der Waals surface area contributed by atoms with Crippen LogP contribution >= 0.6 is 11.8 Å². The normalized spacial score (nSPS) is 10.3. The summed E-state index contributed by atoms with van der Waals surface area (Å²) in [6.45, 7) is 0. The predicted molar refractivity (Wildman–Crippen MR) is 99.6 cm³/mol. The van der Waals surface area contributed by atoms with E-state index in [1.54, 1.807) is 47.8 Å². The minimum Gasteiger partial charge on any atom is -0.409 e. The van der Waals surface area contributed by atoms with E-state index in [4.69, 9.17) is 4.74 Å². The number of benzene rings is 2. The maximum atomic E-state index is 11.8. The number of aryl methyl sites for hydroxylation is 1. The molecule has 1 heterocycles. The van der Waals surface area contributed by atoms with E-state index < -0.39 is 6.09 Å². The van der Waals surface area contributed by atoms with Crippen LogP contribution in [0.1, 0.15) is 0 Å². The number of hydrazine groups is 1. The van der Waals surface area contributed by atoms with Crippen LogP contribution in [0.4, 0.5) is 10.6 Å². The molecular weight excluding hydrogens is 336 g/mol. The van der Waals surface area contributed by atoms with Crippen LogP contribution in [0.2, 0.25) is 0 Å². The zero-order chi connectivity index (χ0) is 17.6. The third-order valence-electron chi connectivity index (χ3n) is 3.51. The van der Waals surface area contributed by atoms with Crippen LogP contribution in [0, 0.1) is 0 Å². The second kappa shape index (κ2) is 7.76. The van der Waals surface area contributed by atoms with E-state index in [2.05, 4.69) is 28.1 Å². The van der Waals surface area contributed by atoms with Crippen LogP contribution in [0.15, 0.2) is 65.6 Å². The van der Waals surface area contributed by atoms with Gasteiger partial charge in [0.1, 0.15) is 11.6 Å². The molecule has 6 nitrogen and oxygen atoms in total. The summed E-state index contributed by atoms with van der Waals surface area (Å²) in [6, 6.07) is 18.9. The maximum absolute atomic E-state index is 11.8. The van der Waals surface area contributed by atoms with Crippen molar-refractivity contribution in [1.82, 2.24) is 15.2 Å². The Bertz CT molecular complexity index is 847. The van der Waals surface area contributed by atoms with Gasteiger partial charge in [-0.15, -0.1) is 11.8 Å². The van der Waals surface area contributed by atoms with Crippen LogP contribution in [0.3, 0.4) is 0 Å². The van der Waals surface area contributed by atoms with E-state index >= 15 is 0 Å². The molecule has 0 saturated carbocycles. The first-order valence-corrected chi connectivity index (χ1v) is 8.85. The molecule has 0 aliphatic carbocycles. The molecule has 1 amide bonds. The van der Waals surface area contributed by atoms with E-state index in [0.717, 1.165) is 11.3 Å². The lowest BCUT2D eigenvalue weighted by Crippen LogP contribution is -2.32. The van der Waals surface area contributed by atoms with Crippen LogP contribution in [-0.4, -0.2) is 22.1 Å². The van der Waals surface area contributed by atoms with E-state index in [0.29, 0.717) is 11.6 Å². The molecular formula is C18H18N4O2S. The molecule has 0 radical (unpaired) electrons. The number of hydrogen-bond donors (Lipinski definition) is 2. The minimum atomic E-state index is -0.599. The molecule has 7 heteroatoms. The highest BCUT2D eigenvalue weighted by Crippen LogP contribution is 2.24. The van der Waals surface area contributed by atoms with Crippen molar-refractivity contribution in [3.63, 3.8) is 0 Å². The molecule has 0 fully saturated rings. The molecule has 25 heavy (non-hydrogen) atoms. The Labute approximate surface area is 150 Å². The van der Waals surface area contributed by atoms with Gasteiger partial charge in [0, 0.05) is 23.6 Å². The first-order valence-electron chi connectivity index (χ1n) is 7.63. The lowest BCUT2D eigenvalue weighted by atomic mass is 10.1. The Morgan fingerprint density at radius 3 is 2.52 bits per heavy atom. The Hall–Kier alpha value is -2.93. The van der Waals surface area contributed by atoms with Crippen molar-refractivity contribution >= 4 is 23.7 Å². The van der Waals surface area contributed by atoms with Crippen LogP contribution in [0.5, 0.6) is 5.75 Å². The van der Waals surface area contributed by atoms with E-state index in [1.807, 2.05) is 30.5 Å². The fourth-order valence-electron chi connectivity index (χ4n) is 2.22. The monoisotopic (exact) mass is 354 g/mol. The van der Waals surface area contributed by atoms with Gasteiger partial charge >= 0.3 is 6.09 Å². The number of ether oxygens (including phenoxy) is 1. The highest BCUT2D eigenvalue weighted by Gasteiger charge is 2.09. The molecule has 0 spiro atoms. The van der Waals surface area contributed by atoms with Crippen molar-refractivity contribution < 1.29 is 9.53 Å². The Kier molecular flexibility index (Phi) is 5.25. The number of carbonyl (C=O) groups is 1. The standard InChI is InChI=1S/C18H18N4O2S/c1-22-17(19-20-18(23)24-14-6-4-3-5-7-14)12-16(21-22)13-8-10-15(25-2)11-9-13/h3-12,19H,1-2H3,(H,20,23). The van der Waals surface area contributed by atoms with Crippen molar-refractivity contribution in [1.29, 1.82) is 0 Å². The number of hydrogen-bond acceptors (Lipinski definition) is 5. The third-order valence-corrected chi connectivity index (χ3v) is 4.26. The van der Waals surface area contributed by atoms with Crippen molar-refractivity contribution in [3.05, 3.63) is 60.7 Å². The summed E-state index contributed by atoms with van der Waals surface area (Å²) in [7, 11) is 1.80. The molecule has 1 aromatic heterocycles. The molecule has 3 aromatic rings. The predicted octanol–water partition coefficient (Wildman–Crippen LogP) is 3.92. The smallest absolute Gasteiger partial charge is 0.409 e. The van der Waals surface area contributed by atoms with Crippen molar-refractivity contribution in [2.75, 3.05) is 11.7 Å². The third kappa shape index (κ3) is 4.33. The average Bonchev–Trinajstić information content (AvgIpc) is 3.02. The summed E-state index contributed by atoms with van der Waals surface area (Å²) in [5.74, 6) is 1.12. The topological polar surface area (TPSA) is 68.2 Å². The number of anilines is 1. The van der Waals surface area contributed by atoms with Gasteiger partial charge in [0.15, 0.2) is 0 Å². The van der Waals surface area contributed by atoms with Gasteiger partial charge < -0.3 is 4.74 Å². The Morgan fingerprint density at radius 2 is 1.84 bits per heavy atom. The fraction of sp³-hybridized carbons (Fsp3) is 0.111. The van der Waals surface area contributed by atoms with Gasteiger partial charge in [-0.2, -0.15) is 5.10 Å². The molecule has 3 rings (SSSR count). The molecule has 0 saturated heterocycles. The van der Waals surface area contributed by atoms with E-state index in [9.17, 15) is 4.79 Å². The first-order chi connectivity index (χ1) is 12.2. The summed E-state index contributed by atoms with van der Waals surface area (Å²) in [6.07, 6.45) is 1.44. The van der Waals surface area contributed by atoms with Gasteiger partial charge in [-0.1, -0.05) is 30.3 Å². The fourth-order valence-corrected chi connectivity index (χ4v) is 2.63. The number of aromatic nitrogens is 2. The van der Waals surface area contributed by atoms with E-state index in [-0.39, 0.29) is 0 Å². The summed E-state index contributed by atoms with van der Waals surface area (Å²) >= 11 is 1.69. The zero-order valence-corrected chi connectivity index (χ0v) is 14.7. The van der Waals surface area contributed by atoms with Crippen molar-refractivity contribution in [2.24, 2.45) is 7.05 Å². The Morgan fingerprint density at radius 1 is 1.12 bits per heavy atom. The molecule has 0 atom stereocenters. The number of para-hydroxylation sites is 1. The van der Waals surface area contributed by atoms with Gasteiger partial charge in [-0.3, -0.25) is 10.1 Å². The zero-order valence-electron chi connectivity index (χ0n) is 13.9. The second-order valence-electron chi connectivity index (χ2n) is 5.22. The quantitative estimate of drug-likeness (QED) is 0.537. The molecule has 0 unspecified atom stereocenters. The minimum absolute atomic E-state index is 0.473. The summed E-state index contributed by atoms with van der Waals surface area (Å²) in [5, 5.41) is 4.45.